The number of carbonyl (C=O) groups is 2. The highest BCUT2D eigenvalue weighted by molar-refractivity contribution is 6.14. The van der Waals surface area contributed by atoms with Gasteiger partial charge in [0, 0.05) is 18.2 Å². The quantitative estimate of drug-likeness (QED) is 0.572. The molecule has 8 heteroatoms. The summed E-state index contributed by atoms with van der Waals surface area (Å²) in [6.07, 6.45) is 0.570. The van der Waals surface area contributed by atoms with Crippen molar-refractivity contribution in [3.8, 4) is 22.6 Å². The van der Waals surface area contributed by atoms with Crippen molar-refractivity contribution in [2.45, 2.75) is 19.4 Å². The van der Waals surface area contributed by atoms with Crippen LogP contribution in [0, 0.1) is 0 Å². The van der Waals surface area contributed by atoms with E-state index in [0.717, 1.165) is 22.3 Å². The summed E-state index contributed by atoms with van der Waals surface area (Å²) in [6, 6.07) is 17.6. The monoisotopic (exact) mass is 473 g/mol. The van der Waals surface area contributed by atoms with Gasteiger partial charge in [-0.3, -0.25) is 0 Å². The van der Waals surface area contributed by atoms with Crippen LogP contribution in [0.15, 0.2) is 65.8 Å². The van der Waals surface area contributed by atoms with Gasteiger partial charge in [-0.2, -0.15) is 5.10 Å². The first-order valence-corrected chi connectivity index (χ1v) is 11.2. The number of hydrogen-bond donors (Lipinski definition) is 2. The summed E-state index contributed by atoms with van der Waals surface area (Å²) in [7, 11) is 4.73. The topological polar surface area (TPSA) is 100 Å². The SMILES string of the molecule is CNC(=O)N1N=C(c2ccc(-c3ccccc3C(=O)O)cc2)c2cc(OC)c(OC)cc2CC1C. The molecule has 0 spiro atoms. The van der Waals surface area contributed by atoms with Crippen LogP contribution in [0.4, 0.5) is 4.79 Å². The minimum Gasteiger partial charge on any atom is -0.493 e. The Kier molecular flexibility index (Phi) is 6.73. The van der Waals surface area contributed by atoms with E-state index < -0.39 is 5.97 Å². The molecule has 0 fully saturated rings. The van der Waals surface area contributed by atoms with Gasteiger partial charge >= 0.3 is 12.0 Å². The van der Waals surface area contributed by atoms with Gasteiger partial charge in [-0.25, -0.2) is 14.6 Å². The molecule has 0 aliphatic carbocycles. The van der Waals surface area contributed by atoms with Gasteiger partial charge in [0.25, 0.3) is 0 Å². The van der Waals surface area contributed by atoms with E-state index >= 15 is 0 Å². The molecule has 2 N–H and O–H groups in total. The number of ether oxygens (including phenoxy) is 2. The number of methoxy groups -OCH3 is 2. The number of hydrogen-bond acceptors (Lipinski definition) is 5. The summed E-state index contributed by atoms with van der Waals surface area (Å²) in [5, 5.41) is 18.4. The molecule has 0 bridgehead atoms. The first-order chi connectivity index (χ1) is 16.9. The number of nitrogens with one attached hydrogen (secondary N) is 1. The van der Waals surface area contributed by atoms with Crippen molar-refractivity contribution in [2.24, 2.45) is 5.10 Å². The Morgan fingerprint density at radius 2 is 1.60 bits per heavy atom. The molecule has 3 aromatic rings. The Labute approximate surface area is 203 Å². The number of urea groups is 1. The average molecular weight is 474 g/mol. The zero-order valence-corrected chi connectivity index (χ0v) is 20.0. The van der Waals surface area contributed by atoms with Crippen molar-refractivity contribution >= 4 is 17.7 Å². The molecule has 4 rings (SSSR count). The number of carboxylic acids is 1. The molecular formula is C27H27N3O5. The smallest absolute Gasteiger partial charge is 0.337 e. The molecule has 0 saturated heterocycles. The predicted octanol–water partition coefficient (Wildman–Crippen LogP) is 4.41. The molecule has 1 aliphatic rings. The fourth-order valence-electron chi connectivity index (χ4n) is 4.28. The maximum absolute atomic E-state index is 12.6. The van der Waals surface area contributed by atoms with Crippen molar-refractivity contribution in [3.05, 3.63) is 82.9 Å². The minimum absolute atomic E-state index is 0.203. The lowest BCUT2D eigenvalue weighted by molar-refractivity contribution is 0.0697. The second-order valence-electron chi connectivity index (χ2n) is 8.19. The largest absolute Gasteiger partial charge is 0.493 e. The Bertz CT molecular complexity index is 1300. The number of hydrazone groups is 1. The molecule has 0 radical (unpaired) electrons. The van der Waals surface area contributed by atoms with E-state index in [1.54, 1.807) is 39.5 Å². The number of fused-ring (bicyclic) bond motifs is 1. The Morgan fingerprint density at radius 3 is 2.23 bits per heavy atom. The van der Waals surface area contributed by atoms with Crippen molar-refractivity contribution in [3.63, 3.8) is 0 Å². The third kappa shape index (κ3) is 4.55. The van der Waals surface area contributed by atoms with Crippen LogP contribution in [0.1, 0.15) is 34.0 Å². The standard InChI is InChI=1S/C27H27N3O5/c1-16-13-19-14-23(34-3)24(35-4)15-22(19)25(29-30(16)27(33)28-2)18-11-9-17(10-12-18)20-7-5-6-8-21(20)26(31)32/h5-12,14-16H,13H2,1-4H3,(H,28,33)(H,31,32). The molecule has 1 unspecified atom stereocenters. The molecule has 2 amide bonds. The molecular weight excluding hydrogens is 446 g/mol. The van der Waals surface area contributed by atoms with Crippen molar-refractivity contribution in [1.82, 2.24) is 10.3 Å². The molecule has 3 aromatic carbocycles. The number of nitrogens with zero attached hydrogens (tertiary/aromatic N) is 2. The highest BCUT2D eigenvalue weighted by Gasteiger charge is 2.28. The zero-order chi connectivity index (χ0) is 25.1. The first kappa shape index (κ1) is 23.8. The van der Waals surface area contributed by atoms with E-state index in [4.69, 9.17) is 14.6 Å². The number of aromatic carboxylic acids is 1. The maximum atomic E-state index is 12.6. The summed E-state index contributed by atoms with van der Waals surface area (Å²) in [6.45, 7) is 1.94. The molecule has 35 heavy (non-hydrogen) atoms. The molecule has 1 atom stereocenters. The average Bonchev–Trinajstić information content (AvgIpc) is 3.02. The van der Waals surface area contributed by atoms with Crippen LogP contribution >= 0.6 is 0 Å². The Balaban J connectivity index is 1.86. The van der Waals surface area contributed by atoms with E-state index in [1.165, 1.54) is 5.01 Å². The number of carbonyl (C=O) groups excluding carboxylic acids is 1. The van der Waals surface area contributed by atoms with E-state index in [-0.39, 0.29) is 17.6 Å². The zero-order valence-electron chi connectivity index (χ0n) is 20.0. The van der Waals surface area contributed by atoms with Crippen LogP contribution in [-0.4, -0.2) is 55.1 Å². The minimum atomic E-state index is -0.983. The van der Waals surface area contributed by atoms with E-state index in [1.807, 2.05) is 49.4 Å². The van der Waals surface area contributed by atoms with Gasteiger partial charge in [0.05, 0.1) is 31.5 Å². The Hall–Kier alpha value is -4.33. The highest BCUT2D eigenvalue weighted by Crippen LogP contribution is 2.35. The van der Waals surface area contributed by atoms with Crippen molar-refractivity contribution < 1.29 is 24.2 Å². The fraction of sp³-hybridized carbons (Fsp3) is 0.222. The van der Waals surface area contributed by atoms with E-state index in [9.17, 15) is 14.7 Å². The molecule has 1 heterocycles. The predicted molar refractivity (Wildman–Crippen MR) is 133 cm³/mol. The van der Waals surface area contributed by atoms with Crippen LogP contribution in [0.3, 0.4) is 0 Å². The lowest BCUT2D eigenvalue weighted by atomic mass is 9.92. The maximum Gasteiger partial charge on any atom is 0.337 e. The van der Waals surface area contributed by atoms with Crippen LogP contribution in [0.5, 0.6) is 11.5 Å². The number of benzene rings is 3. The van der Waals surface area contributed by atoms with Gasteiger partial charge in [-0.05, 0) is 48.2 Å². The first-order valence-electron chi connectivity index (χ1n) is 11.2. The number of amides is 2. The molecule has 0 saturated carbocycles. The fourth-order valence-corrected chi connectivity index (χ4v) is 4.28. The van der Waals surface area contributed by atoms with Gasteiger partial charge in [0.15, 0.2) is 11.5 Å². The van der Waals surface area contributed by atoms with Gasteiger partial charge in [0.1, 0.15) is 0 Å². The van der Waals surface area contributed by atoms with Gasteiger partial charge in [-0.1, -0.05) is 42.5 Å². The third-order valence-electron chi connectivity index (χ3n) is 6.05. The van der Waals surface area contributed by atoms with Crippen LogP contribution in [-0.2, 0) is 6.42 Å². The van der Waals surface area contributed by atoms with Crippen molar-refractivity contribution in [1.29, 1.82) is 0 Å². The summed E-state index contributed by atoms with van der Waals surface area (Å²) < 4.78 is 11.0. The summed E-state index contributed by atoms with van der Waals surface area (Å²) in [4.78, 5) is 24.3. The molecule has 1 aliphatic heterocycles. The summed E-state index contributed by atoms with van der Waals surface area (Å²) in [5.74, 6) is 0.182. The van der Waals surface area contributed by atoms with Gasteiger partial charge < -0.3 is 19.9 Å². The number of carboxylic acid groups (broad SMARTS) is 1. The van der Waals surface area contributed by atoms with Crippen LogP contribution in [0.25, 0.3) is 11.1 Å². The molecule has 0 aromatic heterocycles. The summed E-state index contributed by atoms with van der Waals surface area (Å²) >= 11 is 0. The van der Waals surface area contributed by atoms with Crippen LogP contribution in [0.2, 0.25) is 0 Å². The Morgan fingerprint density at radius 1 is 0.971 bits per heavy atom. The normalized spacial score (nSPS) is 14.9. The van der Waals surface area contributed by atoms with E-state index in [0.29, 0.717) is 29.2 Å². The van der Waals surface area contributed by atoms with Crippen molar-refractivity contribution in [2.75, 3.05) is 21.3 Å². The van der Waals surface area contributed by atoms with Crippen LogP contribution < -0.4 is 14.8 Å². The second kappa shape index (κ2) is 9.89. The lowest BCUT2D eigenvalue weighted by Crippen LogP contribution is -2.41. The lowest BCUT2D eigenvalue weighted by Gasteiger charge is -2.22. The van der Waals surface area contributed by atoms with Gasteiger partial charge in [0.2, 0.25) is 0 Å². The second-order valence-corrected chi connectivity index (χ2v) is 8.19. The van der Waals surface area contributed by atoms with Gasteiger partial charge in [-0.15, -0.1) is 0 Å². The van der Waals surface area contributed by atoms with E-state index in [2.05, 4.69) is 5.32 Å². The number of rotatable bonds is 5. The molecule has 180 valence electrons. The molecule has 8 nitrogen and oxygen atoms in total. The third-order valence-corrected chi connectivity index (χ3v) is 6.05. The highest BCUT2D eigenvalue weighted by atomic mass is 16.5. The summed E-state index contributed by atoms with van der Waals surface area (Å²) in [5.41, 5.74) is 4.81.